The molecule has 1 aliphatic heterocycles. The highest BCUT2D eigenvalue weighted by atomic mass is 32.1. The van der Waals surface area contributed by atoms with E-state index in [1.165, 1.54) is 0 Å². The number of hydrogen-bond donors (Lipinski definition) is 0. The van der Waals surface area contributed by atoms with Crippen molar-refractivity contribution in [2.24, 2.45) is 0 Å². The van der Waals surface area contributed by atoms with Crippen LogP contribution in [0.5, 0.6) is 5.75 Å². The highest BCUT2D eigenvalue weighted by Crippen LogP contribution is 2.23. The number of likely N-dealkylation sites (tertiary alicyclic amines) is 1. The van der Waals surface area contributed by atoms with Crippen molar-refractivity contribution in [3.8, 4) is 5.75 Å². The first-order chi connectivity index (χ1) is 16.0. The fourth-order valence-electron chi connectivity index (χ4n) is 4.39. The predicted molar refractivity (Wildman–Crippen MR) is 128 cm³/mol. The summed E-state index contributed by atoms with van der Waals surface area (Å²) in [5.41, 5.74) is 0.565. The topological polar surface area (TPSA) is 63.0 Å². The van der Waals surface area contributed by atoms with E-state index in [1.807, 2.05) is 34.5 Å². The maximum Gasteiger partial charge on any atom is 0.260 e. The van der Waals surface area contributed by atoms with Crippen LogP contribution in [0.1, 0.15) is 54.1 Å². The largest absolute Gasteiger partial charge is 0.484 e. The van der Waals surface area contributed by atoms with Gasteiger partial charge in [0.15, 0.2) is 6.61 Å². The van der Waals surface area contributed by atoms with Gasteiger partial charge in [-0.3, -0.25) is 9.59 Å². The van der Waals surface area contributed by atoms with Crippen molar-refractivity contribution in [2.45, 2.75) is 58.3 Å². The number of carbonyl (C=O) groups excluding carboxylic acids is 2. The van der Waals surface area contributed by atoms with Gasteiger partial charge in [-0.05, 0) is 81.0 Å². The molecule has 2 unspecified atom stereocenters. The number of amides is 2. The summed E-state index contributed by atoms with van der Waals surface area (Å²) in [6.45, 7) is 5.10. The third kappa shape index (κ3) is 5.85. The highest BCUT2D eigenvalue weighted by Gasteiger charge is 2.29. The lowest BCUT2D eigenvalue weighted by molar-refractivity contribution is -0.139. The van der Waals surface area contributed by atoms with Crippen molar-refractivity contribution in [3.63, 3.8) is 0 Å². The Bertz CT molecular complexity index is 985. The maximum atomic E-state index is 13.2. The molecule has 0 spiro atoms. The van der Waals surface area contributed by atoms with Gasteiger partial charge in [-0.2, -0.15) is 0 Å². The molecule has 33 heavy (non-hydrogen) atoms. The SMILES string of the molecule is CC1CCCC(C)N1C(=O)COc1ccc(C(=O)N(Cc2ccco2)Cc2cccs2)cc1. The molecule has 4 rings (SSSR count). The third-order valence-electron chi connectivity index (χ3n) is 6.09. The third-order valence-corrected chi connectivity index (χ3v) is 6.95. The Kier molecular flexibility index (Phi) is 7.50. The van der Waals surface area contributed by atoms with Gasteiger partial charge in [0, 0.05) is 22.5 Å². The first-order valence-electron chi connectivity index (χ1n) is 11.4. The van der Waals surface area contributed by atoms with Crippen LogP contribution in [0.3, 0.4) is 0 Å². The van der Waals surface area contributed by atoms with Crippen molar-refractivity contribution in [1.29, 1.82) is 0 Å². The minimum absolute atomic E-state index is 0.00493. The second kappa shape index (κ2) is 10.7. The van der Waals surface area contributed by atoms with E-state index in [0.29, 0.717) is 24.4 Å². The van der Waals surface area contributed by atoms with Crippen LogP contribution in [-0.4, -0.2) is 40.3 Å². The second-order valence-electron chi connectivity index (χ2n) is 8.56. The van der Waals surface area contributed by atoms with Crippen LogP contribution >= 0.6 is 11.3 Å². The van der Waals surface area contributed by atoms with Gasteiger partial charge < -0.3 is 19.0 Å². The van der Waals surface area contributed by atoms with E-state index in [0.717, 1.165) is 29.9 Å². The van der Waals surface area contributed by atoms with Gasteiger partial charge in [-0.25, -0.2) is 0 Å². The summed E-state index contributed by atoms with van der Waals surface area (Å²) >= 11 is 1.62. The van der Waals surface area contributed by atoms with E-state index in [9.17, 15) is 9.59 Å². The van der Waals surface area contributed by atoms with Crippen molar-refractivity contribution in [3.05, 3.63) is 76.4 Å². The summed E-state index contributed by atoms with van der Waals surface area (Å²) in [6.07, 6.45) is 4.84. The molecule has 3 aromatic rings. The molecular formula is C26H30N2O4S. The normalized spacial score (nSPS) is 18.2. The van der Waals surface area contributed by atoms with E-state index in [2.05, 4.69) is 13.8 Å². The molecule has 1 saturated heterocycles. The average Bonchev–Trinajstić information content (AvgIpc) is 3.51. The zero-order valence-electron chi connectivity index (χ0n) is 19.1. The Balaban J connectivity index is 1.39. The molecule has 0 saturated carbocycles. The molecular weight excluding hydrogens is 436 g/mol. The standard InChI is InChI=1S/C26H30N2O4S/c1-19-6-3-7-20(2)28(19)25(29)18-32-22-12-10-21(11-13-22)26(30)27(16-23-8-4-14-31-23)17-24-9-5-15-33-24/h4-5,8-15,19-20H,3,6-7,16-18H2,1-2H3. The lowest BCUT2D eigenvalue weighted by atomic mass is 9.97. The maximum absolute atomic E-state index is 13.2. The summed E-state index contributed by atoms with van der Waals surface area (Å²) in [4.78, 5) is 30.7. The Morgan fingerprint density at radius 3 is 2.45 bits per heavy atom. The Hall–Kier alpha value is -3.06. The van der Waals surface area contributed by atoms with Crippen LogP contribution in [0.2, 0.25) is 0 Å². The van der Waals surface area contributed by atoms with Crippen LogP contribution in [0.15, 0.2) is 64.6 Å². The number of carbonyl (C=O) groups is 2. The fraction of sp³-hybridized carbons (Fsp3) is 0.385. The monoisotopic (exact) mass is 466 g/mol. The number of rotatable bonds is 8. The average molecular weight is 467 g/mol. The molecule has 2 aromatic heterocycles. The summed E-state index contributed by atoms with van der Waals surface area (Å²) in [5.74, 6) is 1.24. The zero-order chi connectivity index (χ0) is 23.2. The minimum atomic E-state index is -0.0848. The van der Waals surface area contributed by atoms with Crippen LogP contribution in [0, 0.1) is 0 Å². The second-order valence-corrected chi connectivity index (χ2v) is 9.60. The van der Waals surface area contributed by atoms with Crippen LogP contribution in [-0.2, 0) is 17.9 Å². The smallest absolute Gasteiger partial charge is 0.260 e. The molecule has 0 N–H and O–H groups in total. The van der Waals surface area contributed by atoms with E-state index < -0.39 is 0 Å². The van der Waals surface area contributed by atoms with E-state index in [-0.39, 0.29) is 30.5 Å². The number of furan rings is 1. The molecule has 2 atom stereocenters. The summed E-state index contributed by atoms with van der Waals surface area (Å²) in [5, 5.41) is 2.00. The Morgan fingerprint density at radius 1 is 1.06 bits per heavy atom. The van der Waals surface area contributed by atoms with Crippen molar-refractivity contribution < 1.29 is 18.7 Å². The Morgan fingerprint density at radius 2 is 1.82 bits per heavy atom. The van der Waals surface area contributed by atoms with Crippen LogP contribution < -0.4 is 4.74 Å². The number of benzene rings is 1. The summed E-state index contributed by atoms with van der Waals surface area (Å²) in [7, 11) is 0. The molecule has 0 bridgehead atoms. The molecule has 0 aliphatic carbocycles. The highest BCUT2D eigenvalue weighted by molar-refractivity contribution is 7.09. The van der Waals surface area contributed by atoms with Gasteiger partial charge in [-0.1, -0.05) is 6.07 Å². The molecule has 1 aromatic carbocycles. The predicted octanol–water partition coefficient (Wildman–Crippen LogP) is 5.35. The van der Waals surface area contributed by atoms with Crippen molar-refractivity contribution in [2.75, 3.05) is 6.61 Å². The van der Waals surface area contributed by atoms with E-state index in [1.54, 1.807) is 46.8 Å². The molecule has 3 heterocycles. The lowest BCUT2D eigenvalue weighted by Gasteiger charge is -2.38. The van der Waals surface area contributed by atoms with Crippen molar-refractivity contribution in [1.82, 2.24) is 9.80 Å². The molecule has 0 radical (unpaired) electrons. The Labute approximate surface area is 198 Å². The first-order valence-corrected chi connectivity index (χ1v) is 12.3. The van der Waals surface area contributed by atoms with Gasteiger partial charge in [0.2, 0.25) is 0 Å². The molecule has 1 aliphatic rings. The molecule has 2 amide bonds. The fourth-order valence-corrected chi connectivity index (χ4v) is 5.11. The molecule has 1 fully saturated rings. The van der Waals surface area contributed by atoms with Crippen molar-refractivity contribution >= 4 is 23.2 Å². The molecule has 6 nitrogen and oxygen atoms in total. The van der Waals surface area contributed by atoms with Gasteiger partial charge in [0.05, 0.1) is 19.4 Å². The van der Waals surface area contributed by atoms with Gasteiger partial charge in [0.25, 0.3) is 11.8 Å². The molecule has 7 heteroatoms. The lowest BCUT2D eigenvalue weighted by Crippen LogP contribution is -2.49. The van der Waals surface area contributed by atoms with Gasteiger partial charge in [0.1, 0.15) is 11.5 Å². The number of ether oxygens (including phenoxy) is 1. The number of hydrogen-bond acceptors (Lipinski definition) is 5. The van der Waals surface area contributed by atoms with Crippen LogP contribution in [0.4, 0.5) is 0 Å². The number of piperidine rings is 1. The number of nitrogens with zero attached hydrogens (tertiary/aromatic N) is 2. The summed E-state index contributed by atoms with van der Waals surface area (Å²) in [6, 6.07) is 15.2. The molecule has 174 valence electrons. The summed E-state index contributed by atoms with van der Waals surface area (Å²) < 4.78 is 11.2. The number of thiophene rings is 1. The van der Waals surface area contributed by atoms with Crippen LogP contribution in [0.25, 0.3) is 0 Å². The van der Waals surface area contributed by atoms with E-state index >= 15 is 0 Å². The quantitative estimate of drug-likeness (QED) is 0.449. The van der Waals surface area contributed by atoms with Gasteiger partial charge in [-0.15, -0.1) is 11.3 Å². The van der Waals surface area contributed by atoms with Gasteiger partial charge >= 0.3 is 0 Å². The first kappa shape index (κ1) is 23.1. The minimum Gasteiger partial charge on any atom is -0.484 e. The van der Waals surface area contributed by atoms with E-state index in [4.69, 9.17) is 9.15 Å². The zero-order valence-corrected chi connectivity index (χ0v) is 19.9.